The Kier molecular flexibility index (Phi) is 6.40. The van der Waals surface area contributed by atoms with E-state index in [1.54, 1.807) is 0 Å². The van der Waals surface area contributed by atoms with Crippen LogP contribution < -0.4 is 4.87 Å². The van der Waals surface area contributed by atoms with Crippen LogP contribution in [0.1, 0.15) is 28.3 Å². The van der Waals surface area contributed by atoms with Crippen LogP contribution in [0, 0.1) is 6.92 Å². The fourth-order valence-corrected chi connectivity index (χ4v) is 4.77. The molecule has 0 spiro atoms. The SMILES string of the molecule is Cc1oc(-c2ccccc2)nc1CCCSc1ccc(Cc2sc(=O)[nH]c2O)cc1. The van der Waals surface area contributed by atoms with Crippen molar-refractivity contribution in [1.29, 1.82) is 0 Å². The molecule has 0 aliphatic rings. The van der Waals surface area contributed by atoms with Gasteiger partial charge in [-0.3, -0.25) is 9.78 Å². The molecular formula is C23H22N2O3S2. The molecule has 154 valence electrons. The second kappa shape index (κ2) is 9.36. The molecule has 2 N–H and O–H groups in total. The van der Waals surface area contributed by atoms with Gasteiger partial charge in [0.1, 0.15) is 5.76 Å². The Morgan fingerprint density at radius 3 is 2.60 bits per heavy atom. The van der Waals surface area contributed by atoms with Crippen molar-refractivity contribution in [3.63, 3.8) is 0 Å². The Morgan fingerprint density at radius 1 is 1.13 bits per heavy atom. The van der Waals surface area contributed by atoms with Gasteiger partial charge < -0.3 is 9.52 Å². The van der Waals surface area contributed by atoms with Crippen LogP contribution in [0.5, 0.6) is 5.88 Å². The fraction of sp³-hybridized carbons (Fsp3) is 0.217. The van der Waals surface area contributed by atoms with E-state index in [2.05, 4.69) is 22.1 Å². The predicted molar refractivity (Wildman–Crippen MR) is 122 cm³/mol. The summed E-state index contributed by atoms with van der Waals surface area (Å²) in [4.78, 5) is 20.0. The number of aromatic nitrogens is 2. The number of aromatic amines is 1. The van der Waals surface area contributed by atoms with E-state index in [4.69, 9.17) is 4.42 Å². The predicted octanol–water partition coefficient (Wildman–Crippen LogP) is 5.42. The molecule has 0 saturated carbocycles. The van der Waals surface area contributed by atoms with E-state index in [9.17, 15) is 9.90 Å². The number of benzene rings is 2. The van der Waals surface area contributed by atoms with Crippen molar-refractivity contribution in [2.75, 3.05) is 5.75 Å². The average Bonchev–Trinajstić information content (AvgIpc) is 3.28. The first-order chi connectivity index (χ1) is 14.6. The van der Waals surface area contributed by atoms with Gasteiger partial charge in [-0.1, -0.05) is 41.7 Å². The minimum absolute atomic E-state index is 0.0259. The van der Waals surface area contributed by atoms with Gasteiger partial charge in [-0.25, -0.2) is 4.98 Å². The van der Waals surface area contributed by atoms with E-state index in [-0.39, 0.29) is 10.8 Å². The third-order valence-electron chi connectivity index (χ3n) is 4.73. The number of thiazole rings is 1. The number of nitrogens with zero attached hydrogens (tertiary/aromatic N) is 1. The van der Waals surface area contributed by atoms with Crippen molar-refractivity contribution in [1.82, 2.24) is 9.97 Å². The van der Waals surface area contributed by atoms with Crippen molar-refractivity contribution < 1.29 is 9.52 Å². The van der Waals surface area contributed by atoms with E-state index in [0.717, 1.165) is 52.5 Å². The largest absolute Gasteiger partial charge is 0.494 e. The lowest BCUT2D eigenvalue weighted by molar-refractivity contribution is 0.451. The molecule has 0 bridgehead atoms. The molecule has 2 aromatic carbocycles. The van der Waals surface area contributed by atoms with Gasteiger partial charge in [0.15, 0.2) is 0 Å². The number of hydrogen-bond donors (Lipinski definition) is 2. The number of rotatable bonds is 8. The van der Waals surface area contributed by atoms with Crippen LogP contribution in [0.3, 0.4) is 0 Å². The third kappa shape index (κ3) is 5.04. The summed E-state index contributed by atoms with van der Waals surface area (Å²) in [5.41, 5.74) is 3.09. The Labute approximate surface area is 182 Å². The monoisotopic (exact) mass is 438 g/mol. The molecule has 4 aromatic rings. The molecule has 0 unspecified atom stereocenters. The molecule has 0 saturated heterocycles. The molecule has 2 aromatic heterocycles. The summed E-state index contributed by atoms with van der Waals surface area (Å²) in [5.74, 6) is 2.54. The quantitative estimate of drug-likeness (QED) is 0.284. The molecule has 0 radical (unpaired) electrons. The van der Waals surface area contributed by atoms with Gasteiger partial charge >= 0.3 is 4.87 Å². The summed E-state index contributed by atoms with van der Waals surface area (Å²) in [7, 11) is 0. The van der Waals surface area contributed by atoms with Crippen LogP contribution in [0.4, 0.5) is 0 Å². The highest BCUT2D eigenvalue weighted by molar-refractivity contribution is 7.99. The standard InChI is InChI=1S/C23H22N2O3S2/c1-15-19(24-22(28-15)17-6-3-2-4-7-17)8-5-13-29-18-11-9-16(10-12-18)14-20-21(26)25-23(27)30-20/h2-4,6-7,9-12,26H,5,8,13-14H2,1H3,(H,25,27). The zero-order valence-electron chi connectivity index (χ0n) is 16.6. The molecule has 2 heterocycles. The Hall–Kier alpha value is -2.77. The first-order valence-electron chi connectivity index (χ1n) is 9.73. The first kappa shape index (κ1) is 20.5. The van der Waals surface area contributed by atoms with Crippen LogP contribution in [0.15, 0.2) is 68.7 Å². The lowest BCUT2D eigenvalue weighted by atomic mass is 10.1. The Balaban J connectivity index is 1.27. The normalized spacial score (nSPS) is 11.1. The van der Waals surface area contributed by atoms with Crippen molar-refractivity contribution in [2.24, 2.45) is 0 Å². The molecule has 0 aliphatic heterocycles. The van der Waals surface area contributed by atoms with E-state index in [1.807, 2.05) is 61.2 Å². The maximum absolute atomic E-state index is 11.3. The van der Waals surface area contributed by atoms with Crippen molar-refractivity contribution in [3.8, 4) is 17.3 Å². The zero-order valence-corrected chi connectivity index (χ0v) is 18.2. The summed E-state index contributed by atoms with van der Waals surface area (Å²) >= 11 is 2.86. The Morgan fingerprint density at radius 2 is 1.90 bits per heavy atom. The van der Waals surface area contributed by atoms with Gasteiger partial charge in [-0.05, 0) is 55.3 Å². The maximum Gasteiger partial charge on any atom is 0.307 e. The van der Waals surface area contributed by atoms with Gasteiger partial charge in [0.2, 0.25) is 11.8 Å². The summed E-state index contributed by atoms with van der Waals surface area (Å²) in [5, 5.41) is 9.71. The molecule has 0 aliphatic carbocycles. The smallest absolute Gasteiger partial charge is 0.307 e. The summed E-state index contributed by atoms with van der Waals surface area (Å²) in [6, 6.07) is 18.2. The average molecular weight is 439 g/mol. The fourth-order valence-electron chi connectivity index (χ4n) is 3.15. The van der Waals surface area contributed by atoms with Crippen molar-refractivity contribution >= 4 is 23.1 Å². The van der Waals surface area contributed by atoms with Crippen LogP contribution in [-0.2, 0) is 12.8 Å². The van der Waals surface area contributed by atoms with E-state index < -0.39 is 0 Å². The van der Waals surface area contributed by atoms with Crippen LogP contribution >= 0.6 is 23.1 Å². The summed E-state index contributed by atoms with van der Waals surface area (Å²) in [6.07, 6.45) is 2.45. The maximum atomic E-state index is 11.3. The van der Waals surface area contributed by atoms with E-state index in [0.29, 0.717) is 17.2 Å². The van der Waals surface area contributed by atoms with E-state index in [1.165, 1.54) is 4.90 Å². The van der Waals surface area contributed by atoms with Gasteiger partial charge in [0.25, 0.3) is 0 Å². The van der Waals surface area contributed by atoms with Gasteiger partial charge in [0, 0.05) is 16.9 Å². The molecule has 4 rings (SSSR count). The van der Waals surface area contributed by atoms with E-state index >= 15 is 0 Å². The highest BCUT2D eigenvalue weighted by atomic mass is 32.2. The molecule has 30 heavy (non-hydrogen) atoms. The molecular weight excluding hydrogens is 416 g/mol. The lowest BCUT2D eigenvalue weighted by Gasteiger charge is -2.04. The van der Waals surface area contributed by atoms with Crippen LogP contribution in [0.2, 0.25) is 0 Å². The van der Waals surface area contributed by atoms with Crippen molar-refractivity contribution in [2.45, 2.75) is 31.1 Å². The van der Waals surface area contributed by atoms with Crippen molar-refractivity contribution in [3.05, 3.63) is 86.2 Å². The number of thioether (sulfide) groups is 1. The topological polar surface area (TPSA) is 79.1 Å². The number of H-pyrrole nitrogens is 1. The number of aromatic hydroxyl groups is 1. The second-order valence-electron chi connectivity index (χ2n) is 6.95. The second-order valence-corrected chi connectivity index (χ2v) is 9.18. The molecule has 0 atom stereocenters. The highest BCUT2D eigenvalue weighted by Gasteiger charge is 2.11. The zero-order chi connectivity index (χ0) is 20.9. The summed E-state index contributed by atoms with van der Waals surface area (Å²) in [6.45, 7) is 1.97. The van der Waals surface area contributed by atoms with Gasteiger partial charge in [0.05, 0.1) is 10.6 Å². The number of nitrogens with one attached hydrogen (secondary N) is 1. The van der Waals surface area contributed by atoms with Crippen LogP contribution in [-0.4, -0.2) is 20.8 Å². The molecule has 0 fully saturated rings. The number of hydrogen-bond acceptors (Lipinski definition) is 6. The minimum Gasteiger partial charge on any atom is -0.494 e. The third-order valence-corrected chi connectivity index (χ3v) is 6.70. The summed E-state index contributed by atoms with van der Waals surface area (Å²) < 4.78 is 5.83. The molecule has 7 heteroatoms. The molecule has 0 amide bonds. The number of oxazole rings is 1. The number of aryl methyl sites for hydroxylation is 2. The van der Waals surface area contributed by atoms with Gasteiger partial charge in [-0.15, -0.1) is 11.8 Å². The lowest BCUT2D eigenvalue weighted by Crippen LogP contribution is -1.91. The Bertz CT molecular complexity index is 1160. The molecule has 5 nitrogen and oxygen atoms in total. The minimum atomic E-state index is -0.229. The highest BCUT2D eigenvalue weighted by Crippen LogP contribution is 2.25. The first-order valence-corrected chi connectivity index (χ1v) is 11.5. The van der Waals surface area contributed by atoms with Gasteiger partial charge in [-0.2, -0.15) is 0 Å². The van der Waals surface area contributed by atoms with Crippen LogP contribution in [0.25, 0.3) is 11.5 Å².